The van der Waals surface area contributed by atoms with E-state index in [2.05, 4.69) is 10.3 Å². The van der Waals surface area contributed by atoms with Crippen molar-refractivity contribution in [1.82, 2.24) is 9.38 Å². The molecular weight excluding hydrogens is 381 g/mol. The lowest BCUT2D eigenvalue weighted by Crippen LogP contribution is -2.18. The number of amides is 1. The first-order chi connectivity index (χ1) is 14.5. The molecule has 0 aliphatic carbocycles. The van der Waals surface area contributed by atoms with Crippen molar-refractivity contribution >= 4 is 17.2 Å². The molecule has 0 saturated carbocycles. The molecule has 0 bridgehead atoms. The third-order valence-electron chi connectivity index (χ3n) is 5.09. The number of nitrogens with one attached hydrogen (secondary N) is 1. The van der Waals surface area contributed by atoms with Gasteiger partial charge in [-0.15, -0.1) is 0 Å². The van der Waals surface area contributed by atoms with E-state index < -0.39 is 5.82 Å². The number of aromatic nitrogens is 2. The second-order valence-corrected chi connectivity index (χ2v) is 7.18. The van der Waals surface area contributed by atoms with E-state index in [1.807, 2.05) is 53.9 Å². The van der Waals surface area contributed by atoms with Gasteiger partial charge in [-0.25, -0.2) is 9.37 Å². The number of carbonyl (C=O) groups excluding carboxylic acids is 1. The molecule has 5 nitrogen and oxygen atoms in total. The zero-order chi connectivity index (χ0) is 21.1. The summed E-state index contributed by atoms with van der Waals surface area (Å²) in [5.41, 5.74) is 3.88. The fourth-order valence-electron chi connectivity index (χ4n) is 3.56. The highest BCUT2D eigenvalue weighted by Gasteiger charge is 2.23. The van der Waals surface area contributed by atoms with E-state index in [0.29, 0.717) is 5.75 Å². The number of carbonyl (C=O) groups is 1. The van der Waals surface area contributed by atoms with E-state index in [1.165, 1.54) is 6.07 Å². The van der Waals surface area contributed by atoms with Crippen LogP contribution < -0.4 is 10.1 Å². The van der Waals surface area contributed by atoms with Crippen LogP contribution in [0, 0.1) is 12.7 Å². The van der Waals surface area contributed by atoms with E-state index >= 15 is 0 Å². The number of ether oxygens (including phenoxy) is 1. The third kappa shape index (κ3) is 4.03. The van der Waals surface area contributed by atoms with Crippen LogP contribution in [0.4, 0.5) is 10.1 Å². The van der Waals surface area contributed by atoms with E-state index in [4.69, 9.17) is 4.74 Å². The van der Waals surface area contributed by atoms with Gasteiger partial charge in [-0.05, 0) is 54.4 Å². The molecule has 1 atom stereocenters. The van der Waals surface area contributed by atoms with Crippen LogP contribution >= 0.6 is 0 Å². The first kappa shape index (κ1) is 19.6. The van der Waals surface area contributed by atoms with Crippen molar-refractivity contribution in [3.63, 3.8) is 0 Å². The van der Waals surface area contributed by atoms with E-state index in [0.717, 1.165) is 22.5 Å². The van der Waals surface area contributed by atoms with E-state index in [9.17, 15) is 9.18 Å². The molecule has 1 N–H and O–H groups in total. The van der Waals surface area contributed by atoms with E-state index in [1.54, 1.807) is 31.5 Å². The Morgan fingerprint density at radius 3 is 2.80 bits per heavy atom. The molecule has 0 aliphatic heterocycles. The van der Waals surface area contributed by atoms with Gasteiger partial charge in [0.15, 0.2) is 0 Å². The highest BCUT2D eigenvalue weighted by atomic mass is 19.1. The topological polar surface area (TPSA) is 55.6 Å². The average molecular weight is 403 g/mol. The van der Waals surface area contributed by atoms with Gasteiger partial charge in [0, 0.05) is 24.7 Å². The highest BCUT2D eigenvalue weighted by molar-refractivity contribution is 5.91. The van der Waals surface area contributed by atoms with Crippen LogP contribution in [-0.2, 0) is 4.79 Å². The molecule has 30 heavy (non-hydrogen) atoms. The molecule has 1 amide bonds. The molecule has 0 saturated heterocycles. The summed E-state index contributed by atoms with van der Waals surface area (Å²) in [6.07, 6.45) is 3.87. The average Bonchev–Trinajstić information content (AvgIpc) is 3.16. The molecule has 4 rings (SSSR count). The van der Waals surface area contributed by atoms with Crippen LogP contribution in [0.1, 0.15) is 29.2 Å². The fraction of sp³-hybridized carbons (Fsp3) is 0.167. The largest absolute Gasteiger partial charge is 0.497 e. The number of aryl methyl sites for hydroxylation is 1. The van der Waals surface area contributed by atoms with Crippen molar-refractivity contribution < 1.29 is 13.9 Å². The zero-order valence-corrected chi connectivity index (χ0v) is 16.8. The Hall–Kier alpha value is -3.67. The molecule has 6 heteroatoms. The minimum Gasteiger partial charge on any atom is -0.497 e. The highest BCUT2D eigenvalue weighted by Crippen LogP contribution is 2.31. The van der Waals surface area contributed by atoms with Gasteiger partial charge < -0.3 is 14.5 Å². The molecule has 2 aromatic heterocycles. The molecule has 2 aromatic carbocycles. The summed E-state index contributed by atoms with van der Waals surface area (Å²) in [6.45, 7) is 2.01. The number of para-hydroxylation sites is 1. The lowest BCUT2D eigenvalue weighted by atomic mass is 9.92. The number of fused-ring (bicyclic) bond motifs is 1. The maximum absolute atomic E-state index is 14.0. The number of pyridine rings is 1. The first-order valence-corrected chi connectivity index (χ1v) is 9.67. The van der Waals surface area contributed by atoms with Gasteiger partial charge in [0.2, 0.25) is 5.91 Å². The Kier molecular flexibility index (Phi) is 5.48. The summed E-state index contributed by atoms with van der Waals surface area (Å²) in [6, 6.07) is 17.8. The number of rotatable bonds is 6. The monoisotopic (exact) mass is 403 g/mol. The Labute approximate surface area is 174 Å². The van der Waals surface area contributed by atoms with Crippen molar-refractivity contribution in [3.05, 3.63) is 95.7 Å². The number of hydrogen-bond acceptors (Lipinski definition) is 3. The third-order valence-corrected chi connectivity index (χ3v) is 5.09. The smallest absolute Gasteiger partial charge is 0.225 e. The van der Waals surface area contributed by atoms with Gasteiger partial charge in [0.1, 0.15) is 17.2 Å². The second kappa shape index (κ2) is 8.37. The minimum absolute atomic E-state index is 0.128. The van der Waals surface area contributed by atoms with Crippen molar-refractivity contribution in [2.75, 3.05) is 12.4 Å². The summed E-state index contributed by atoms with van der Waals surface area (Å²) < 4.78 is 21.3. The Balaban J connectivity index is 1.71. The predicted molar refractivity (Wildman–Crippen MR) is 114 cm³/mol. The predicted octanol–water partition coefficient (Wildman–Crippen LogP) is 4.95. The fourth-order valence-corrected chi connectivity index (χ4v) is 3.56. The number of nitrogens with zero attached hydrogens (tertiary/aromatic N) is 2. The van der Waals surface area contributed by atoms with Crippen molar-refractivity contribution in [2.45, 2.75) is 19.3 Å². The SMILES string of the molecule is COc1cccc([C@H](CC(=O)Nc2ccccc2F)c2cnc3cc(C)ccn23)c1. The van der Waals surface area contributed by atoms with Crippen LogP contribution in [0.25, 0.3) is 5.65 Å². The number of imidazole rings is 1. The number of hydrogen-bond donors (Lipinski definition) is 1. The lowest BCUT2D eigenvalue weighted by Gasteiger charge is -2.18. The molecular formula is C24H22FN3O2. The summed E-state index contributed by atoms with van der Waals surface area (Å²) >= 11 is 0. The van der Waals surface area contributed by atoms with Crippen LogP contribution in [0.15, 0.2) is 73.1 Å². The van der Waals surface area contributed by atoms with Crippen LogP contribution in [0.2, 0.25) is 0 Å². The molecule has 0 fully saturated rings. The quantitative estimate of drug-likeness (QED) is 0.496. The maximum Gasteiger partial charge on any atom is 0.225 e. The number of anilines is 1. The molecule has 0 unspecified atom stereocenters. The molecule has 4 aromatic rings. The van der Waals surface area contributed by atoms with Crippen molar-refractivity contribution in [1.29, 1.82) is 0 Å². The van der Waals surface area contributed by atoms with Crippen LogP contribution in [0.3, 0.4) is 0 Å². The molecule has 2 heterocycles. The van der Waals surface area contributed by atoms with Crippen molar-refractivity contribution in [3.8, 4) is 5.75 Å². The normalized spacial score (nSPS) is 12.0. The number of halogens is 1. The van der Waals surface area contributed by atoms with Gasteiger partial charge in [0.05, 0.1) is 18.5 Å². The number of methoxy groups -OCH3 is 1. The first-order valence-electron chi connectivity index (χ1n) is 9.67. The van der Waals surface area contributed by atoms with Gasteiger partial charge in [0.25, 0.3) is 0 Å². The van der Waals surface area contributed by atoms with E-state index in [-0.39, 0.29) is 23.9 Å². The minimum atomic E-state index is -0.464. The lowest BCUT2D eigenvalue weighted by molar-refractivity contribution is -0.116. The summed E-state index contributed by atoms with van der Waals surface area (Å²) in [4.78, 5) is 17.4. The summed E-state index contributed by atoms with van der Waals surface area (Å²) in [7, 11) is 1.61. The summed E-state index contributed by atoms with van der Waals surface area (Å²) in [5.74, 6) is -0.328. The standard InChI is InChI=1S/C24H22FN3O2/c1-16-10-11-28-22(15-26-23(28)12-16)19(17-6-5-7-18(13-17)30-2)14-24(29)27-21-9-4-3-8-20(21)25/h3-13,15,19H,14H2,1-2H3,(H,27,29)/t19-/m0/s1. The number of benzene rings is 2. The Morgan fingerprint density at radius 1 is 1.17 bits per heavy atom. The molecule has 0 aliphatic rings. The second-order valence-electron chi connectivity index (χ2n) is 7.18. The van der Waals surface area contributed by atoms with Crippen LogP contribution in [-0.4, -0.2) is 22.4 Å². The Morgan fingerprint density at radius 2 is 2.00 bits per heavy atom. The Bertz CT molecular complexity index is 1200. The van der Waals surface area contributed by atoms with Gasteiger partial charge >= 0.3 is 0 Å². The van der Waals surface area contributed by atoms with Crippen molar-refractivity contribution in [2.24, 2.45) is 0 Å². The summed E-state index contributed by atoms with van der Waals surface area (Å²) in [5, 5.41) is 2.68. The maximum atomic E-state index is 14.0. The van der Waals surface area contributed by atoms with Gasteiger partial charge in [-0.1, -0.05) is 24.3 Å². The van der Waals surface area contributed by atoms with Gasteiger partial charge in [-0.2, -0.15) is 0 Å². The zero-order valence-electron chi connectivity index (χ0n) is 16.8. The molecule has 152 valence electrons. The van der Waals surface area contributed by atoms with Gasteiger partial charge in [-0.3, -0.25) is 4.79 Å². The van der Waals surface area contributed by atoms with Crippen LogP contribution in [0.5, 0.6) is 5.75 Å². The molecule has 0 radical (unpaired) electrons. The molecule has 0 spiro atoms.